The van der Waals surface area contributed by atoms with Gasteiger partial charge in [0.15, 0.2) is 0 Å². The molecule has 0 aliphatic carbocycles. The number of ether oxygens (including phenoxy) is 1. The topological polar surface area (TPSA) is 41.6 Å². The monoisotopic (exact) mass is 262 g/mol. The molecule has 2 rings (SSSR count). The largest absolute Gasteiger partial charge is 0.378 e. The van der Waals surface area contributed by atoms with Gasteiger partial charge in [-0.3, -0.25) is 0 Å². The van der Waals surface area contributed by atoms with E-state index in [0.717, 1.165) is 31.7 Å². The van der Waals surface area contributed by atoms with Crippen LogP contribution in [0, 0.1) is 0 Å². The Kier molecular flexibility index (Phi) is 5.21. The summed E-state index contributed by atoms with van der Waals surface area (Å²) in [5.74, 6) is 0. The fourth-order valence-corrected chi connectivity index (χ4v) is 2.27. The summed E-state index contributed by atoms with van der Waals surface area (Å²) >= 11 is 0. The van der Waals surface area contributed by atoms with E-state index < -0.39 is 0 Å². The maximum atomic E-state index is 11.9. The molecule has 1 aliphatic rings. The van der Waals surface area contributed by atoms with E-state index in [9.17, 15) is 4.79 Å². The third kappa shape index (κ3) is 4.56. The van der Waals surface area contributed by atoms with Gasteiger partial charge in [-0.25, -0.2) is 4.79 Å². The van der Waals surface area contributed by atoms with Gasteiger partial charge in [0.25, 0.3) is 0 Å². The Labute approximate surface area is 114 Å². The highest BCUT2D eigenvalue weighted by molar-refractivity contribution is 5.89. The Morgan fingerprint density at radius 1 is 1.42 bits per heavy atom. The number of amides is 2. The van der Waals surface area contributed by atoms with Crippen LogP contribution in [0.5, 0.6) is 0 Å². The lowest BCUT2D eigenvalue weighted by molar-refractivity contribution is 0.101. The van der Waals surface area contributed by atoms with Crippen molar-refractivity contribution in [3.8, 4) is 0 Å². The second-order valence-corrected chi connectivity index (χ2v) is 4.99. The predicted molar refractivity (Wildman–Crippen MR) is 76.3 cm³/mol. The van der Waals surface area contributed by atoms with E-state index >= 15 is 0 Å². The van der Waals surface area contributed by atoms with Crippen molar-refractivity contribution < 1.29 is 9.53 Å². The average Bonchev–Trinajstić information content (AvgIpc) is 2.93. The number of para-hydroxylation sites is 1. The molecule has 1 atom stereocenters. The molecule has 0 bridgehead atoms. The summed E-state index contributed by atoms with van der Waals surface area (Å²) in [4.78, 5) is 13.6. The zero-order valence-electron chi connectivity index (χ0n) is 11.5. The van der Waals surface area contributed by atoms with Gasteiger partial charge in [0.1, 0.15) is 0 Å². The van der Waals surface area contributed by atoms with E-state index in [4.69, 9.17) is 4.74 Å². The van der Waals surface area contributed by atoms with Crippen molar-refractivity contribution in [3.05, 3.63) is 30.3 Å². The predicted octanol–water partition coefficient (Wildman–Crippen LogP) is 3.11. The Morgan fingerprint density at radius 2 is 2.21 bits per heavy atom. The van der Waals surface area contributed by atoms with Crippen LogP contribution in [0.1, 0.15) is 25.7 Å². The maximum absolute atomic E-state index is 11.9. The number of anilines is 1. The van der Waals surface area contributed by atoms with Crippen LogP contribution in [0.25, 0.3) is 0 Å². The first kappa shape index (κ1) is 13.9. The van der Waals surface area contributed by atoms with Crippen molar-refractivity contribution in [1.82, 2.24) is 4.90 Å². The van der Waals surface area contributed by atoms with Crippen LogP contribution < -0.4 is 5.32 Å². The molecule has 1 aromatic rings. The number of rotatable bonds is 5. The Balaban J connectivity index is 1.67. The lowest BCUT2D eigenvalue weighted by atomic mass is 10.1. The standard InChI is InChI=1S/C15H22N2O2/c1-17(11-5-9-14-10-6-12-19-14)15(18)16-13-7-3-2-4-8-13/h2-4,7-8,14H,5-6,9-12H2,1H3,(H,16,18). The number of carbonyl (C=O) groups excluding carboxylic acids is 1. The first-order valence-corrected chi connectivity index (χ1v) is 6.94. The number of nitrogens with one attached hydrogen (secondary N) is 1. The molecular weight excluding hydrogens is 240 g/mol. The number of nitrogens with zero attached hydrogens (tertiary/aromatic N) is 1. The molecule has 1 unspecified atom stereocenters. The molecule has 1 fully saturated rings. The molecule has 0 aromatic heterocycles. The molecular formula is C15H22N2O2. The zero-order valence-corrected chi connectivity index (χ0v) is 11.5. The zero-order chi connectivity index (χ0) is 13.5. The molecule has 1 aromatic carbocycles. The van der Waals surface area contributed by atoms with Crippen molar-refractivity contribution in [2.75, 3.05) is 25.5 Å². The normalized spacial score (nSPS) is 18.3. The molecule has 4 heteroatoms. The molecule has 19 heavy (non-hydrogen) atoms. The summed E-state index contributed by atoms with van der Waals surface area (Å²) in [7, 11) is 1.83. The van der Waals surface area contributed by atoms with Crippen LogP contribution in [0.3, 0.4) is 0 Å². The lowest BCUT2D eigenvalue weighted by Gasteiger charge is -2.18. The van der Waals surface area contributed by atoms with Gasteiger partial charge in [0.05, 0.1) is 6.10 Å². The molecule has 1 heterocycles. The van der Waals surface area contributed by atoms with E-state index in [0.29, 0.717) is 6.10 Å². The number of carbonyl (C=O) groups is 1. The molecule has 2 amide bonds. The van der Waals surface area contributed by atoms with Gasteiger partial charge in [0.2, 0.25) is 0 Å². The number of urea groups is 1. The highest BCUT2D eigenvalue weighted by Crippen LogP contribution is 2.16. The van der Waals surface area contributed by atoms with Gasteiger partial charge in [-0.05, 0) is 37.8 Å². The van der Waals surface area contributed by atoms with Gasteiger partial charge in [-0.2, -0.15) is 0 Å². The van der Waals surface area contributed by atoms with Gasteiger partial charge in [-0.15, -0.1) is 0 Å². The Morgan fingerprint density at radius 3 is 2.89 bits per heavy atom. The van der Waals surface area contributed by atoms with Crippen LogP contribution in [0.4, 0.5) is 10.5 Å². The molecule has 1 aliphatic heterocycles. The van der Waals surface area contributed by atoms with E-state index in [1.54, 1.807) is 4.90 Å². The molecule has 0 saturated carbocycles. The molecule has 1 N–H and O–H groups in total. The van der Waals surface area contributed by atoms with Crippen LogP contribution >= 0.6 is 0 Å². The second-order valence-electron chi connectivity index (χ2n) is 4.99. The quantitative estimate of drug-likeness (QED) is 0.886. The smallest absolute Gasteiger partial charge is 0.321 e. The minimum Gasteiger partial charge on any atom is -0.378 e. The van der Waals surface area contributed by atoms with Crippen LogP contribution in [0.2, 0.25) is 0 Å². The summed E-state index contributed by atoms with van der Waals surface area (Å²) in [5.41, 5.74) is 0.832. The fraction of sp³-hybridized carbons (Fsp3) is 0.533. The van der Waals surface area contributed by atoms with Crippen LogP contribution in [-0.4, -0.2) is 37.2 Å². The summed E-state index contributed by atoms with van der Waals surface area (Å²) in [6.45, 7) is 1.66. The third-order valence-corrected chi connectivity index (χ3v) is 3.42. The Hall–Kier alpha value is -1.55. The van der Waals surface area contributed by atoms with Crippen LogP contribution in [-0.2, 0) is 4.74 Å². The van der Waals surface area contributed by atoms with Gasteiger partial charge in [-0.1, -0.05) is 18.2 Å². The molecule has 104 valence electrons. The minimum absolute atomic E-state index is 0.0569. The van der Waals surface area contributed by atoms with Crippen molar-refractivity contribution in [3.63, 3.8) is 0 Å². The van der Waals surface area contributed by atoms with E-state index in [1.807, 2.05) is 37.4 Å². The van der Waals surface area contributed by atoms with E-state index in [-0.39, 0.29) is 6.03 Å². The summed E-state index contributed by atoms with van der Waals surface area (Å²) in [6.07, 6.45) is 4.78. The Bertz CT molecular complexity index is 388. The fourth-order valence-electron chi connectivity index (χ4n) is 2.27. The van der Waals surface area contributed by atoms with E-state index in [1.165, 1.54) is 12.8 Å². The second kappa shape index (κ2) is 7.14. The summed E-state index contributed by atoms with van der Waals surface area (Å²) in [5, 5.41) is 2.88. The summed E-state index contributed by atoms with van der Waals surface area (Å²) < 4.78 is 5.57. The SMILES string of the molecule is CN(CCCC1CCCO1)C(=O)Nc1ccccc1. The van der Waals surface area contributed by atoms with Gasteiger partial charge < -0.3 is 15.0 Å². The number of benzene rings is 1. The van der Waals surface area contributed by atoms with E-state index in [2.05, 4.69) is 5.32 Å². The number of hydrogen-bond acceptors (Lipinski definition) is 2. The lowest BCUT2D eigenvalue weighted by Crippen LogP contribution is -2.32. The number of hydrogen-bond donors (Lipinski definition) is 1. The highest BCUT2D eigenvalue weighted by Gasteiger charge is 2.15. The minimum atomic E-state index is -0.0569. The first-order valence-electron chi connectivity index (χ1n) is 6.94. The summed E-state index contributed by atoms with van der Waals surface area (Å²) in [6, 6.07) is 9.47. The molecule has 1 saturated heterocycles. The van der Waals surface area contributed by atoms with Crippen LogP contribution in [0.15, 0.2) is 30.3 Å². The molecule has 0 radical (unpaired) electrons. The van der Waals surface area contributed by atoms with Crippen molar-refractivity contribution in [2.24, 2.45) is 0 Å². The van der Waals surface area contributed by atoms with Gasteiger partial charge >= 0.3 is 6.03 Å². The highest BCUT2D eigenvalue weighted by atomic mass is 16.5. The molecule has 4 nitrogen and oxygen atoms in total. The van der Waals surface area contributed by atoms with Crippen molar-refractivity contribution in [1.29, 1.82) is 0 Å². The van der Waals surface area contributed by atoms with Crippen molar-refractivity contribution in [2.45, 2.75) is 31.8 Å². The third-order valence-electron chi connectivity index (χ3n) is 3.42. The molecule has 0 spiro atoms. The van der Waals surface area contributed by atoms with Gasteiger partial charge in [0, 0.05) is 25.9 Å². The maximum Gasteiger partial charge on any atom is 0.321 e. The van der Waals surface area contributed by atoms with Crippen molar-refractivity contribution >= 4 is 11.7 Å². The average molecular weight is 262 g/mol. The first-order chi connectivity index (χ1) is 9.25.